The summed E-state index contributed by atoms with van der Waals surface area (Å²) in [7, 11) is 0. The Balaban J connectivity index is 2.32. The number of halogens is 4. The van der Waals surface area contributed by atoms with Crippen LogP contribution in [-0.2, 0) is 0 Å². The van der Waals surface area contributed by atoms with Gasteiger partial charge in [0, 0.05) is 11.2 Å². The molecule has 0 aliphatic rings. The SMILES string of the molecule is O=C(Nc1c(Cl)cc(Cl)cc1Cl)c1cccnc1F. The second-order valence-corrected chi connectivity index (χ2v) is 4.79. The van der Waals surface area contributed by atoms with Gasteiger partial charge in [-0.15, -0.1) is 0 Å². The van der Waals surface area contributed by atoms with Gasteiger partial charge in [0.2, 0.25) is 5.95 Å². The lowest BCUT2D eigenvalue weighted by molar-refractivity contribution is 0.102. The van der Waals surface area contributed by atoms with Crippen molar-refractivity contribution in [3.63, 3.8) is 0 Å². The summed E-state index contributed by atoms with van der Waals surface area (Å²) >= 11 is 17.6. The number of pyridine rings is 1. The van der Waals surface area contributed by atoms with E-state index in [-0.39, 0.29) is 21.3 Å². The first kappa shape index (κ1) is 14.1. The summed E-state index contributed by atoms with van der Waals surface area (Å²) in [5, 5.41) is 3.08. The Hall–Kier alpha value is -1.36. The number of rotatable bonds is 2. The molecular weight excluding hydrogens is 314 g/mol. The maximum atomic E-state index is 13.3. The Morgan fingerprint density at radius 3 is 2.42 bits per heavy atom. The van der Waals surface area contributed by atoms with Crippen LogP contribution < -0.4 is 5.32 Å². The van der Waals surface area contributed by atoms with Gasteiger partial charge in [0.15, 0.2) is 0 Å². The van der Waals surface area contributed by atoms with Gasteiger partial charge >= 0.3 is 0 Å². The highest BCUT2D eigenvalue weighted by Gasteiger charge is 2.16. The molecule has 1 aromatic carbocycles. The number of benzene rings is 1. The molecule has 7 heteroatoms. The van der Waals surface area contributed by atoms with Crippen molar-refractivity contribution in [2.75, 3.05) is 5.32 Å². The van der Waals surface area contributed by atoms with Gasteiger partial charge in [-0.1, -0.05) is 34.8 Å². The molecule has 1 heterocycles. The quantitative estimate of drug-likeness (QED) is 0.832. The van der Waals surface area contributed by atoms with E-state index in [4.69, 9.17) is 34.8 Å². The molecule has 0 aliphatic heterocycles. The van der Waals surface area contributed by atoms with E-state index < -0.39 is 11.9 Å². The molecule has 0 fully saturated rings. The normalized spacial score (nSPS) is 10.3. The van der Waals surface area contributed by atoms with Crippen LogP contribution in [0.5, 0.6) is 0 Å². The van der Waals surface area contributed by atoms with Gasteiger partial charge in [-0.3, -0.25) is 4.79 Å². The van der Waals surface area contributed by atoms with Crippen molar-refractivity contribution in [3.8, 4) is 0 Å². The minimum absolute atomic E-state index is 0.162. The van der Waals surface area contributed by atoms with Crippen LogP contribution in [0.2, 0.25) is 15.1 Å². The number of amides is 1. The van der Waals surface area contributed by atoms with Crippen molar-refractivity contribution < 1.29 is 9.18 Å². The first-order valence-corrected chi connectivity index (χ1v) is 6.19. The summed E-state index contributed by atoms with van der Waals surface area (Å²) in [4.78, 5) is 15.3. The largest absolute Gasteiger partial charge is 0.319 e. The number of hydrogen-bond donors (Lipinski definition) is 1. The molecule has 2 aromatic rings. The van der Waals surface area contributed by atoms with E-state index in [1.165, 1.54) is 30.5 Å². The highest BCUT2D eigenvalue weighted by Crippen LogP contribution is 2.33. The summed E-state index contributed by atoms with van der Waals surface area (Å²) in [6, 6.07) is 5.59. The van der Waals surface area contributed by atoms with Crippen LogP contribution in [0.1, 0.15) is 10.4 Å². The smallest absolute Gasteiger partial charge is 0.260 e. The summed E-state index contributed by atoms with van der Waals surface area (Å²) in [5.41, 5.74) is -0.0365. The molecule has 0 spiro atoms. The highest BCUT2D eigenvalue weighted by molar-refractivity contribution is 6.42. The molecule has 19 heavy (non-hydrogen) atoms. The van der Waals surface area contributed by atoms with Crippen LogP contribution in [0.3, 0.4) is 0 Å². The molecule has 0 bridgehead atoms. The molecule has 0 saturated carbocycles. The second-order valence-electron chi connectivity index (χ2n) is 3.54. The molecule has 98 valence electrons. The van der Waals surface area contributed by atoms with E-state index >= 15 is 0 Å². The Kier molecular flexibility index (Phi) is 4.24. The molecule has 0 aliphatic carbocycles. The number of nitrogens with one attached hydrogen (secondary N) is 1. The Morgan fingerprint density at radius 2 is 1.84 bits per heavy atom. The molecule has 1 amide bonds. The number of carbonyl (C=O) groups excluding carboxylic acids is 1. The van der Waals surface area contributed by atoms with Gasteiger partial charge in [-0.25, -0.2) is 4.98 Å². The lowest BCUT2D eigenvalue weighted by Gasteiger charge is -2.09. The standard InChI is InChI=1S/C12H6Cl3FN2O/c13-6-4-8(14)10(9(15)5-6)18-12(19)7-2-1-3-17-11(7)16/h1-5H,(H,18,19). The van der Waals surface area contributed by atoms with Crippen LogP contribution in [0, 0.1) is 5.95 Å². The minimum Gasteiger partial charge on any atom is -0.319 e. The Morgan fingerprint density at radius 1 is 1.21 bits per heavy atom. The maximum absolute atomic E-state index is 13.3. The fraction of sp³-hybridized carbons (Fsp3) is 0. The summed E-state index contributed by atoms with van der Waals surface area (Å²) in [6.07, 6.45) is 1.24. The molecule has 0 saturated heterocycles. The van der Waals surface area contributed by atoms with Crippen molar-refractivity contribution in [1.82, 2.24) is 4.98 Å². The predicted octanol–water partition coefficient (Wildman–Crippen LogP) is 4.43. The van der Waals surface area contributed by atoms with Crippen molar-refractivity contribution >= 4 is 46.4 Å². The lowest BCUT2D eigenvalue weighted by atomic mass is 10.2. The van der Waals surface area contributed by atoms with Gasteiger partial charge < -0.3 is 5.32 Å². The van der Waals surface area contributed by atoms with E-state index in [2.05, 4.69) is 10.3 Å². The van der Waals surface area contributed by atoms with Gasteiger partial charge in [-0.2, -0.15) is 4.39 Å². The van der Waals surface area contributed by atoms with E-state index in [9.17, 15) is 9.18 Å². The molecule has 0 atom stereocenters. The maximum Gasteiger partial charge on any atom is 0.260 e. The van der Waals surface area contributed by atoms with Crippen molar-refractivity contribution in [1.29, 1.82) is 0 Å². The monoisotopic (exact) mass is 318 g/mol. The summed E-state index contributed by atoms with van der Waals surface area (Å²) < 4.78 is 13.3. The van der Waals surface area contributed by atoms with Crippen LogP contribution in [-0.4, -0.2) is 10.9 Å². The first-order chi connectivity index (χ1) is 8.99. The number of nitrogens with zero attached hydrogens (tertiary/aromatic N) is 1. The van der Waals surface area contributed by atoms with Crippen LogP contribution in [0.25, 0.3) is 0 Å². The first-order valence-electron chi connectivity index (χ1n) is 5.05. The van der Waals surface area contributed by atoms with Crippen LogP contribution >= 0.6 is 34.8 Å². The van der Waals surface area contributed by atoms with Gasteiger partial charge in [0.25, 0.3) is 5.91 Å². The zero-order chi connectivity index (χ0) is 14.0. The second kappa shape index (κ2) is 5.74. The third kappa shape index (κ3) is 3.15. The van der Waals surface area contributed by atoms with Crippen molar-refractivity contribution in [3.05, 3.63) is 57.0 Å². The fourth-order valence-corrected chi connectivity index (χ4v) is 2.31. The van der Waals surface area contributed by atoms with Gasteiger partial charge in [0.1, 0.15) is 0 Å². The molecule has 2 rings (SSSR count). The molecule has 0 unspecified atom stereocenters. The van der Waals surface area contributed by atoms with Crippen molar-refractivity contribution in [2.24, 2.45) is 0 Å². The van der Waals surface area contributed by atoms with E-state index in [1.807, 2.05) is 0 Å². The zero-order valence-corrected chi connectivity index (χ0v) is 11.5. The molecular formula is C12H6Cl3FN2O. The van der Waals surface area contributed by atoms with Crippen molar-refractivity contribution in [2.45, 2.75) is 0 Å². The van der Waals surface area contributed by atoms with E-state index in [0.29, 0.717) is 5.02 Å². The van der Waals surface area contributed by atoms with E-state index in [1.54, 1.807) is 0 Å². The topological polar surface area (TPSA) is 42.0 Å². The van der Waals surface area contributed by atoms with Crippen LogP contribution in [0.4, 0.5) is 10.1 Å². The number of anilines is 1. The summed E-state index contributed by atoms with van der Waals surface area (Å²) in [5.74, 6) is -1.57. The average molecular weight is 320 g/mol. The molecule has 1 N–H and O–H groups in total. The Labute approximate surface area is 123 Å². The minimum atomic E-state index is -0.874. The highest BCUT2D eigenvalue weighted by atomic mass is 35.5. The number of carbonyl (C=O) groups is 1. The fourth-order valence-electron chi connectivity index (χ4n) is 1.40. The third-order valence-corrected chi connectivity index (χ3v) is 3.06. The number of aromatic nitrogens is 1. The Bertz CT molecular complexity index is 626. The van der Waals surface area contributed by atoms with Gasteiger partial charge in [-0.05, 0) is 24.3 Å². The van der Waals surface area contributed by atoms with E-state index in [0.717, 1.165) is 0 Å². The number of hydrogen-bond acceptors (Lipinski definition) is 2. The molecule has 3 nitrogen and oxygen atoms in total. The molecule has 0 radical (unpaired) electrons. The predicted molar refractivity (Wildman–Crippen MR) is 73.6 cm³/mol. The zero-order valence-electron chi connectivity index (χ0n) is 9.25. The van der Waals surface area contributed by atoms with Crippen LogP contribution in [0.15, 0.2) is 30.5 Å². The average Bonchev–Trinajstić information content (AvgIpc) is 2.34. The molecule has 1 aromatic heterocycles. The lowest BCUT2D eigenvalue weighted by Crippen LogP contribution is -2.15. The summed E-state index contributed by atoms with van der Waals surface area (Å²) in [6.45, 7) is 0. The third-order valence-electron chi connectivity index (χ3n) is 2.25. The van der Waals surface area contributed by atoms with Gasteiger partial charge in [0.05, 0.1) is 21.3 Å².